The van der Waals surface area contributed by atoms with Crippen LogP contribution >= 0.6 is 11.8 Å². The van der Waals surface area contributed by atoms with Crippen LogP contribution in [0.5, 0.6) is 0 Å². The van der Waals surface area contributed by atoms with Crippen molar-refractivity contribution in [3.63, 3.8) is 0 Å². The van der Waals surface area contributed by atoms with Gasteiger partial charge in [-0.3, -0.25) is 9.59 Å². The first-order valence-corrected chi connectivity index (χ1v) is 11.4. The molecule has 0 saturated carbocycles. The third-order valence-electron chi connectivity index (χ3n) is 5.06. The molecule has 1 N–H and O–H groups in total. The summed E-state index contributed by atoms with van der Waals surface area (Å²) in [6.07, 6.45) is 6.26. The lowest BCUT2D eigenvalue weighted by molar-refractivity contribution is -0.140. The van der Waals surface area contributed by atoms with Crippen molar-refractivity contribution in [2.75, 3.05) is 5.75 Å². The highest BCUT2D eigenvalue weighted by atomic mass is 32.2. The van der Waals surface area contributed by atoms with Gasteiger partial charge < -0.3 is 10.2 Å². The number of amides is 2. The summed E-state index contributed by atoms with van der Waals surface area (Å²) < 4.78 is 0. The molecule has 1 aliphatic rings. The molecular formula is C22H34N2O2S. The maximum Gasteiger partial charge on any atom is 0.243 e. The van der Waals surface area contributed by atoms with Gasteiger partial charge in [0.25, 0.3) is 0 Å². The Morgan fingerprint density at radius 3 is 2.63 bits per heavy atom. The van der Waals surface area contributed by atoms with E-state index in [1.807, 2.05) is 23.1 Å². The summed E-state index contributed by atoms with van der Waals surface area (Å²) in [6.45, 7) is 6.28. The van der Waals surface area contributed by atoms with Gasteiger partial charge in [0.2, 0.25) is 11.8 Å². The minimum Gasteiger partial charge on any atom is -0.352 e. The number of nitrogens with one attached hydrogen (secondary N) is 1. The van der Waals surface area contributed by atoms with E-state index in [1.54, 1.807) is 11.8 Å². The molecule has 0 aromatic heterocycles. The van der Waals surface area contributed by atoms with E-state index in [1.165, 1.54) is 5.56 Å². The maximum absolute atomic E-state index is 12.9. The van der Waals surface area contributed by atoms with Crippen molar-refractivity contribution in [1.82, 2.24) is 10.2 Å². The second kappa shape index (κ2) is 11.4. The molecule has 5 heteroatoms. The zero-order valence-electron chi connectivity index (χ0n) is 16.9. The van der Waals surface area contributed by atoms with Crippen molar-refractivity contribution in [2.45, 2.75) is 83.2 Å². The molecule has 1 aliphatic heterocycles. The number of rotatable bonds is 10. The summed E-state index contributed by atoms with van der Waals surface area (Å²) >= 11 is 1.75. The maximum atomic E-state index is 12.9. The predicted molar refractivity (Wildman–Crippen MR) is 114 cm³/mol. The van der Waals surface area contributed by atoms with Gasteiger partial charge >= 0.3 is 0 Å². The summed E-state index contributed by atoms with van der Waals surface area (Å²) in [6, 6.07) is 10.1. The number of hydrogen-bond donors (Lipinski definition) is 1. The van der Waals surface area contributed by atoms with Crippen LogP contribution in [0.1, 0.15) is 64.9 Å². The normalized spacial score (nSPS) is 20.5. The molecule has 3 unspecified atom stereocenters. The minimum absolute atomic E-state index is 0.00603. The third-order valence-corrected chi connectivity index (χ3v) is 6.42. The Morgan fingerprint density at radius 1 is 1.22 bits per heavy atom. The Bertz CT molecular complexity index is 593. The van der Waals surface area contributed by atoms with Crippen LogP contribution in [-0.2, 0) is 16.0 Å². The lowest BCUT2D eigenvalue weighted by Gasteiger charge is -2.29. The largest absolute Gasteiger partial charge is 0.352 e. The first-order valence-electron chi connectivity index (χ1n) is 10.3. The lowest BCUT2D eigenvalue weighted by atomic mass is 10.1. The summed E-state index contributed by atoms with van der Waals surface area (Å²) in [7, 11) is 0. The highest BCUT2D eigenvalue weighted by Crippen LogP contribution is 2.33. The highest BCUT2D eigenvalue weighted by Gasteiger charge is 2.40. The van der Waals surface area contributed by atoms with Crippen LogP contribution in [0, 0.1) is 0 Å². The van der Waals surface area contributed by atoms with Crippen LogP contribution in [-0.4, -0.2) is 39.9 Å². The van der Waals surface area contributed by atoms with Gasteiger partial charge in [-0.2, -0.15) is 0 Å². The lowest BCUT2D eigenvalue weighted by Crippen LogP contribution is -2.51. The Kier molecular flexibility index (Phi) is 9.19. The number of thioether (sulfide) groups is 1. The van der Waals surface area contributed by atoms with Gasteiger partial charge in [0.15, 0.2) is 0 Å². The van der Waals surface area contributed by atoms with E-state index in [9.17, 15) is 9.59 Å². The van der Waals surface area contributed by atoms with Crippen LogP contribution in [0.4, 0.5) is 0 Å². The van der Waals surface area contributed by atoms with Gasteiger partial charge in [-0.25, -0.2) is 0 Å². The van der Waals surface area contributed by atoms with Crippen LogP contribution in [0.2, 0.25) is 0 Å². The highest BCUT2D eigenvalue weighted by molar-refractivity contribution is 8.00. The molecule has 0 spiro atoms. The molecule has 4 nitrogen and oxygen atoms in total. The topological polar surface area (TPSA) is 49.4 Å². The second-order valence-electron chi connectivity index (χ2n) is 7.43. The van der Waals surface area contributed by atoms with Crippen molar-refractivity contribution in [2.24, 2.45) is 0 Å². The van der Waals surface area contributed by atoms with Gasteiger partial charge in [-0.05, 0) is 38.2 Å². The summed E-state index contributed by atoms with van der Waals surface area (Å²) in [5.74, 6) is 0.851. The first kappa shape index (κ1) is 21.8. The van der Waals surface area contributed by atoms with Gasteiger partial charge in [0, 0.05) is 18.2 Å². The number of unbranched alkanes of at least 4 members (excludes halogenated alkanes) is 1. The van der Waals surface area contributed by atoms with Crippen molar-refractivity contribution in [1.29, 1.82) is 0 Å². The molecule has 1 aromatic carbocycles. The van der Waals surface area contributed by atoms with Crippen LogP contribution in [0.3, 0.4) is 0 Å². The molecule has 1 saturated heterocycles. The average molecular weight is 391 g/mol. The van der Waals surface area contributed by atoms with Gasteiger partial charge in [-0.15, -0.1) is 11.8 Å². The van der Waals surface area contributed by atoms with Crippen LogP contribution in [0.25, 0.3) is 0 Å². The van der Waals surface area contributed by atoms with Gasteiger partial charge in [-0.1, -0.05) is 57.0 Å². The number of carbonyl (C=O) groups excluding carboxylic acids is 2. The monoisotopic (exact) mass is 390 g/mol. The van der Waals surface area contributed by atoms with Crippen LogP contribution in [0.15, 0.2) is 30.3 Å². The first-order chi connectivity index (χ1) is 13.1. The van der Waals surface area contributed by atoms with E-state index in [0.29, 0.717) is 12.2 Å². The summed E-state index contributed by atoms with van der Waals surface area (Å²) in [4.78, 5) is 27.5. The number of aryl methyl sites for hydroxylation is 1. The quantitative estimate of drug-likeness (QED) is 0.645. The average Bonchev–Trinajstić information content (AvgIpc) is 3.09. The van der Waals surface area contributed by atoms with E-state index < -0.39 is 0 Å². The second-order valence-corrected chi connectivity index (χ2v) is 8.64. The molecule has 1 aromatic rings. The molecule has 3 atom stereocenters. The molecule has 150 valence electrons. The molecule has 0 aliphatic carbocycles. The Morgan fingerprint density at radius 2 is 1.96 bits per heavy atom. The van der Waals surface area contributed by atoms with Crippen molar-refractivity contribution >= 4 is 23.6 Å². The SMILES string of the molecule is CCCCC(=O)N1C(CCC)SCC1C(=O)NC(C)CCc1ccccc1. The third kappa shape index (κ3) is 6.56. The smallest absolute Gasteiger partial charge is 0.243 e. The molecule has 0 radical (unpaired) electrons. The zero-order valence-corrected chi connectivity index (χ0v) is 17.8. The zero-order chi connectivity index (χ0) is 19.6. The fourth-order valence-electron chi connectivity index (χ4n) is 3.47. The summed E-state index contributed by atoms with van der Waals surface area (Å²) in [5, 5.41) is 3.30. The Hall–Kier alpha value is -1.49. The molecule has 27 heavy (non-hydrogen) atoms. The fraction of sp³-hybridized carbons (Fsp3) is 0.636. The van der Waals surface area contributed by atoms with Gasteiger partial charge in [0.1, 0.15) is 6.04 Å². The standard InChI is InChI=1S/C22H34N2O2S/c1-4-6-13-20(25)24-19(16-27-21(24)10-5-2)22(26)23-17(3)14-15-18-11-8-7-9-12-18/h7-9,11-12,17,19,21H,4-6,10,13-16H2,1-3H3,(H,23,26). The van der Waals surface area contributed by atoms with Gasteiger partial charge in [0.05, 0.1) is 5.37 Å². The minimum atomic E-state index is -0.324. The van der Waals surface area contributed by atoms with E-state index in [-0.39, 0.29) is 29.3 Å². The number of hydrogen-bond acceptors (Lipinski definition) is 3. The Labute approximate surface area is 168 Å². The van der Waals surface area contributed by atoms with E-state index >= 15 is 0 Å². The van der Waals surface area contributed by atoms with Crippen LogP contribution < -0.4 is 5.32 Å². The molecular weight excluding hydrogens is 356 g/mol. The van der Waals surface area contributed by atoms with E-state index in [0.717, 1.165) is 38.5 Å². The molecule has 2 rings (SSSR count). The molecule has 0 bridgehead atoms. The molecule has 1 heterocycles. The van der Waals surface area contributed by atoms with E-state index in [4.69, 9.17) is 0 Å². The van der Waals surface area contributed by atoms with Crippen molar-refractivity contribution < 1.29 is 9.59 Å². The number of benzene rings is 1. The number of nitrogens with zero attached hydrogens (tertiary/aromatic N) is 1. The van der Waals surface area contributed by atoms with Crippen molar-refractivity contribution in [3.05, 3.63) is 35.9 Å². The van der Waals surface area contributed by atoms with Crippen molar-refractivity contribution in [3.8, 4) is 0 Å². The number of carbonyl (C=O) groups is 2. The molecule has 1 fully saturated rings. The summed E-state index contributed by atoms with van der Waals surface area (Å²) in [5.41, 5.74) is 1.29. The molecule has 2 amide bonds. The van der Waals surface area contributed by atoms with E-state index in [2.05, 4.69) is 38.2 Å². The Balaban J connectivity index is 1.92. The predicted octanol–water partition coefficient (Wildman–Crippen LogP) is 4.38. The fourth-order valence-corrected chi connectivity index (χ4v) is 5.01.